The van der Waals surface area contributed by atoms with Crippen molar-refractivity contribution in [2.24, 2.45) is 10.7 Å². The van der Waals surface area contributed by atoms with Crippen molar-refractivity contribution < 1.29 is 4.74 Å². The molecule has 14 heavy (non-hydrogen) atoms. The van der Waals surface area contributed by atoms with Crippen LogP contribution in [0.4, 0.5) is 0 Å². The molecule has 0 aliphatic carbocycles. The minimum atomic E-state index is -0.0625. The van der Waals surface area contributed by atoms with Gasteiger partial charge in [-0.1, -0.05) is 13.0 Å². The van der Waals surface area contributed by atoms with Gasteiger partial charge >= 0.3 is 0 Å². The molecule has 1 atom stereocenters. The van der Waals surface area contributed by atoms with Gasteiger partial charge in [0.2, 0.25) is 0 Å². The molecule has 1 aliphatic rings. The van der Waals surface area contributed by atoms with Crippen LogP contribution in [0.1, 0.15) is 13.3 Å². The van der Waals surface area contributed by atoms with Crippen molar-refractivity contribution in [2.75, 3.05) is 26.8 Å². The highest BCUT2D eigenvalue weighted by molar-refractivity contribution is 5.81. The lowest BCUT2D eigenvalue weighted by atomic mass is 9.96. The van der Waals surface area contributed by atoms with Crippen LogP contribution in [0.2, 0.25) is 0 Å². The zero-order chi connectivity index (χ0) is 10.6. The fraction of sp³-hybridized carbons (Fsp3) is 0.700. The van der Waals surface area contributed by atoms with Crippen LogP contribution in [0.25, 0.3) is 0 Å². The van der Waals surface area contributed by atoms with Crippen molar-refractivity contribution >= 4 is 5.96 Å². The Morgan fingerprint density at radius 3 is 3.00 bits per heavy atom. The fourth-order valence-corrected chi connectivity index (χ4v) is 1.86. The number of nitrogens with two attached hydrogens (primary N) is 1. The standard InChI is InChI=1S/C10H19N3O/c1-4-6-13-9(11)12-7-10(13,5-2)8-14-3/h4H,1,5-8H2,2-3H3,(H2,11,12). The molecular formula is C10H19N3O. The summed E-state index contributed by atoms with van der Waals surface area (Å²) < 4.78 is 5.24. The largest absolute Gasteiger partial charge is 0.382 e. The van der Waals surface area contributed by atoms with Gasteiger partial charge in [0.1, 0.15) is 0 Å². The Bertz CT molecular complexity index is 240. The quantitative estimate of drug-likeness (QED) is 0.657. The molecule has 0 spiro atoms. The van der Waals surface area contributed by atoms with Gasteiger partial charge in [-0.15, -0.1) is 6.58 Å². The second-order valence-corrected chi connectivity index (χ2v) is 3.58. The van der Waals surface area contributed by atoms with E-state index in [2.05, 4.69) is 23.4 Å². The number of methoxy groups -OCH3 is 1. The van der Waals surface area contributed by atoms with E-state index in [-0.39, 0.29) is 5.54 Å². The number of ether oxygens (including phenoxy) is 1. The molecule has 2 N–H and O–H groups in total. The highest BCUT2D eigenvalue weighted by atomic mass is 16.5. The van der Waals surface area contributed by atoms with Gasteiger partial charge in [-0.2, -0.15) is 0 Å². The van der Waals surface area contributed by atoms with Gasteiger partial charge in [-0.3, -0.25) is 4.99 Å². The predicted molar refractivity (Wildman–Crippen MR) is 58.3 cm³/mol. The molecule has 0 bridgehead atoms. The van der Waals surface area contributed by atoms with Gasteiger partial charge in [-0.25, -0.2) is 0 Å². The predicted octanol–water partition coefficient (Wildman–Crippen LogP) is 0.598. The van der Waals surface area contributed by atoms with Gasteiger partial charge in [-0.05, 0) is 6.42 Å². The molecule has 0 saturated heterocycles. The topological polar surface area (TPSA) is 50.8 Å². The van der Waals surface area contributed by atoms with Gasteiger partial charge in [0, 0.05) is 13.7 Å². The Kier molecular flexibility index (Phi) is 3.52. The van der Waals surface area contributed by atoms with Gasteiger partial charge in [0.15, 0.2) is 5.96 Å². The van der Waals surface area contributed by atoms with Gasteiger partial charge < -0.3 is 15.4 Å². The SMILES string of the molecule is C=CCN1C(N)=NCC1(CC)COC. The normalized spacial score (nSPS) is 26.4. The molecule has 0 aromatic carbocycles. The van der Waals surface area contributed by atoms with Gasteiger partial charge in [0.25, 0.3) is 0 Å². The average Bonchev–Trinajstić information content (AvgIpc) is 2.48. The molecular weight excluding hydrogens is 178 g/mol. The zero-order valence-electron chi connectivity index (χ0n) is 8.99. The van der Waals surface area contributed by atoms with E-state index in [0.29, 0.717) is 12.6 Å². The monoisotopic (exact) mass is 197 g/mol. The lowest BCUT2D eigenvalue weighted by Crippen LogP contribution is -2.54. The fourth-order valence-electron chi connectivity index (χ4n) is 1.86. The third-order valence-corrected chi connectivity index (χ3v) is 2.77. The summed E-state index contributed by atoms with van der Waals surface area (Å²) in [7, 11) is 1.71. The van der Waals surface area contributed by atoms with E-state index in [4.69, 9.17) is 10.5 Å². The number of aliphatic imine (C=N–C) groups is 1. The molecule has 0 amide bonds. The van der Waals surface area contributed by atoms with E-state index in [1.165, 1.54) is 0 Å². The summed E-state index contributed by atoms with van der Waals surface area (Å²) in [6.07, 6.45) is 2.81. The molecule has 0 aromatic heterocycles. The lowest BCUT2D eigenvalue weighted by molar-refractivity contribution is 0.0687. The number of guanidine groups is 1. The van der Waals surface area contributed by atoms with Crippen LogP contribution in [-0.4, -0.2) is 43.2 Å². The Morgan fingerprint density at radius 2 is 2.50 bits per heavy atom. The molecule has 1 rings (SSSR count). The van der Waals surface area contributed by atoms with E-state index in [1.54, 1.807) is 7.11 Å². The Balaban J connectivity index is 2.81. The second-order valence-electron chi connectivity index (χ2n) is 3.58. The van der Waals surface area contributed by atoms with Crippen LogP contribution in [-0.2, 0) is 4.74 Å². The van der Waals surface area contributed by atoms with Crippen LogP contribution < -0.4 is 5.73 Å². The third kappa shape index (κ3) is 1.75. The van der Waals surface area contributed by atoms with Crippen LogP contribution in [0.3, 0.4) is 0 Å². The lowest BCUT2D eigenvalue weighted by Gasteiger charge is -2.37. The minimum absolute atomic E-state index is 0.0625. The number of nitrogens with zero attached hydrogens (tertiary/aromatic N) is 2. The first-order valence-corrected chi connectivity index (χ1v) is 4.87. The van der Waals surface area contributed by atoms with Crippen LogP contribution in [0.5, 0.6) is 0 Å². The third-order valence-electron chi connectivity index (χ3n) is 2.77. The first-order valence-electron chi connectivity index (χ1n) is 4.87. The second kappa shape index (κ2) is 4.46. The number of hydrogen-bond donors (Lipinski definition) is 1. The summed E-state index contributed by atoms with van der Waals surface area (Å²) in [5.74, 6) is 0.601. The Hall–Kier alpha value is -1.03. The molecule has 4 nitrogen and oxygen atoms in total. The number of hydrogen-bond acceptors (Lipinski definition) is 4. The average molecular weight is 197 g/mol. The maximum atomic E-state index is 5.82. The summed E-state index contributed by atoms with van der Waals surface area (Å²) >= 11 is 0. The van der Waals surface area contributed by atoms with Crippen LogP contribution >= 0.6 is 0 Å². The molecule has 0 aromatic rings. The summed E-state index contributed by atoms with van der Waals surface area (Å²) in [5.41, 5.74) is 5.76. The van der Waals surface area contributed by atoms with Crippen molar-refractivity contribution in [3.8, 4) is 0 Å². The molecule has 80 valence electrons. The Labute approximate surface area is 85.4 Å². The van der Waals surface area contributed by atoms with E-state index in [1.807, 2.05) is 6.08 Å². The summed E-state index contributed by atoms with van der Waals surface area (Å²) in [4.78, 5) is 6.34. The van der Waals surface area contributed by atoms with Gasteiger partial charge in [0.05, 0.1) is 18.7 Å². The molecule has 1 unspecified atom stereocenters. The van der Waals surface area contributed by atoms with E-state index >= 15 is 0 Å². The van der Waals surface area contributed by atoms with Crippen molar-refractivity contribution in [2.45, 2.75) is 18.9 Å². The highest BCUT2D eigenvalue weighted by Crippen LogP contribution is 2.25. The van der Waals surface area contributed by atoms with Crippen molar-refractivity contribution in [1.82, 2.24) is 4.90 Å². The highest BCUT2D eigenvalue weighted by Gasteiger charge is 2.40. The minimum Gasteiger partial charge on any atom is -0.382 e. The molecule has 1 heterocycles. The van der Waals surface area contributed by atoms with E-state index < -0.39 is 0 Å². The van der Waals surface area contributed by atoms with Crippen molar-refractivity contribution in [1.29, 1.82) is 0 Å². The summed E-state index contributed by atoms with van der Waals surface area (Å²) in [6, 6.07) is 0. The summed E-state index contributed by atoms with van der Waals surface area (Å²) in [6.45, 7) is 7.96. The van der Waals surface area contributed by atoms with E-state index in [0.717, 1.165) is 19.5 Å². The maximum Gasteiger partial charge on any atom is 0.192 e. The molecule has 0 saturated carbocycles. The Morgan fingerprint density at radius 1 is 1.79 bits per heavy atom. The zero-order valence-corrected chi connectivity index (χ0v) is 8.99. The summed E-state index contributed by atoms with van der Waals surface area (Å²) in [5, 5.41) is 0. The number of rotatable bonds is 5. The molecule has 0 radical (unpaired) electrons. The van der Waals surface area contributed by atoms with Crippen molar-refractivity contribution in [3.05, 3.63) is 12.7 Å². The van der Waals surface area contributed by atoms with Crippen LogP contribution in [0, 0.1) is 0 Å². The first-order chi connectivity index (χ1) is 6.70. The molecule has 0 fully saturated rings. The van der Waals surface area contributed by atoms with Crippen molar-refractivity contribution in [3.63, 3.8) is 0 Å². The molecule has 4 heteroatoms. The first kappa shape index (κ1) is 11.0. The smallest absolute Gasteiger partial charge is 0.192 e. The molecule has 1 aliphatic heterocycles. The van der Waals surface area contributed by atoms with E-state index in [9.17, 15) is 0 Å². The maximum absolute atomic E-state index is 5.82. The van der Waals surface area contributed by atoms with Crippen LogP contribution in [0.15, 0.2) is 17.6 Å².